The average molecular weight is 555 g/mol. The Hall–Kier alpha value is -3.93. The van der Waals surface area contributed by atoms with Gasteiger partial charge in [-0.05, 0) is 42.7 Å². The molecule has 4 rings (SSSR count). The minimum atomic E-state index is -3.28. The Labute approximate surface area is 230 Å². The van der Waals surface area contributed by atoms with Crippen molar-refractivity contribution in [3.05, 3.63) is 95.3 Å². The van der Waals surface area contributed by atoms with E-state index in [0.717, 1.165) is 4.90 Å². The van der Waals surface area contributed by atoms with Crippen molar-refractivity contribution in [2.45, 2.75) is 56.6 Å². The maximum atomic E-state index is 14.5. The molecule has 212 valence electrons. The van der Waals surface area contributed by atoms with Crippen molar-refractivity contribution >= 4 is 11.8 Å². The van der Waals surface area contributed by atoms with E-state index in [2.05, 4.69) is 15.6 Å². The van der Waals surface area contributed by atoms with Crippen LogP contribution < -0.4 is 10.6 Å². The molecule has 0 saturated carbocycles. The van der Waals surface area contributed by atoms with Gasteiger partial charge in [0.25, 0.3) is 11.8 Å². The van der Waals surface area contributed by atoms with Gasteiger partial charge in [0.1, 0.15) is 18.1 Å². The van der Waals surface area contributed by atoms with Crippen molar-refractivity contribution < 1.29 is 33.7 Å². The van der Waals surface area contributed by atoms with Gasteiger partial charge in [-0.15, -0.1) is 0 Å². The molecule has 4 atom stereocenters. The van der Waals surface area contributed by atoms with Crippen LogP contribution in [0.4, 0.5) is 8.78 Å². The number of likely N-dealkylation sites (tertiary alicyclic amines) is 1. The van der Waals surface area contributed by atoms with Crippen LogP contribution in [0.5, 0.6) is 5.75 Å². The third kappa shape index (κ3) is 6.98. The second kappa shape index (κ2) is 12.5. The van der Waals surface area contributed by atoms with Crippen LogP contribution in [0, 0.1) is 6.92 Å². The smallest absolute Gasteiger partial charge is 0.262 e. The molecule has 2 aromatic carbocycles. The zero-order chi connectivity index (χ0) is 28.9. The largest absolute Gasteiger partial charge is 0.508 e. The van der Waals surface area contributed by atoms with Crippen molar-refractivity contribution in [3.8, 4) is 5.75 Å². The standard InChI is InChI=1S/C29H32F2N4O5/c1-18-21(10-5-11-24(18)36)26(38)34-22(13-19-7-3-2-4-8-19)25(37)28(40)35-17-29(30,31)14-23(35)27(39)33-16-20-9-6-12-32-15-20/h2-12,15,22-23,25,28,36-37,40H,13-14,16-17H2,1H3,(H,33,39)(H,34,38)/t22-,23-,25-,28?/m0/s1. The fourth-order valence-electron chi connectivity index (χ4n) is 4.82. The van der Waals surface area contributed by atoms with Crippen LogP contribution >= 0.6 is 0 Å². The zero-order valence-electron chi connectivity index (χ0n) is 21.9. The third-order valence-corrected chi connectivity index (χ3v) is 7.02. The fraction of sp³-hybridized carbons (Fsp3) is 0.345. The molecule has 0 radical (unpaired) electrons. The summed E-state index contributed by atoms with van der Waals surface area (Å²) in [5.74, 6) is -4.73. The normalized spacial score (nSPS) is 19.0. The molecule has 9 nitrogen and oxygen atoms in total. The molecule has 0 spiro atoms. The number of carbonyl (C=O) groups excluding carboxylic acids is 2. The SMILES string of the molecule is Cc1c(O)cccc1C(=O)N[C@@H](Cc1ccccc1)[C@H](O)C(O)N1CC(F)(F)C[C@H]1C(=O)NCc1cccnc1. The van der Waals surface area contributed by atoms with Crippen LogP contribution in [0.15, 0.2) is 73.1 Å². The van der Waals surface area contributed by atoms with Gasteiger partial charge in [-0.25, -0.2) is 8.78 Å². The molecular formula is C29H32F2N4O5. The molecule has 1 aromatic heterocycles. The van der Waals surface area contributed by atoms with Gasteiger partial charge in [0, 0.05) is 36.5 Å². The topological polar surface area (TPSA) is 135 Å². The number of aliphatic hydroxyl groups is 2. The number of alkyl halides is 2. The van der Waals surface area contributed by atoms with Crippen LogP contribution in [-0.4, -0.2) is 73.9 Å². The third-order valence-electron chi connectivity index (χ3n) is 7.02. The Morgan fingerprint density at radius 2 is 1.80 bits per heavy atom. The van der Waals surface area contributed by atoms with Crippen molar-refractivity contribution in [2.24, 2.45) is 0 Å². The number of phenolic OH excluding ortho intramolecular Hbond substituents is 1. The van der Waals surface area contributed by atoms with E-state index in [1.807, 2.05) is 0 Å². The second-order valence-electron chi connectivity index (χ2n) is 9.95. The van der Waals surface area contributed by atoms with Gasteiger partial charge >= 0.3 is 0 Å². The van der Waals surface area contributed by atoms with Crippen molar-refractivity contribution in [1.82, 2.24) is 20.5 Å². The minimum absolute atomic E-state index is 0.0528. The predicted molar refractivity (Wildman–Crippen MR) is 142 cm³/mol. The van der Waals surface area contributed by atoms with Crippen molar-refractivity contribution in [2.75, 3.05) is 6.54 Å². The molecule has 11 heteroatoms. The number of carbonyl (C=O) groups is 2. The highest BCUT2D eigenvalue weighted by molar-refractivity contribution is 5.96. The Balaban J connectivity index is 1.54. The summed E-state index contributed by atoms with van der Waals surface area (Å²) in [5.41, 5.74) is 1.85. The molecule has 40 heavy (non-hydrogen) atoms. The van der Waals surface area contributed by atoms with E-state index in [4.69, 9.17) is 0 Å². The molecule has 5 N–H and O–H groups in total. The van der Waals surface area contributed by atoms with Crippen LogP contribution in [0.3, 0.4) is 0 Å². The molecule has 1 saturated heterocycles. The lowest BCUT2D eigenvalue weighted by Gasteiger charge is -2.35. The maximum Gasteiger partial charge on any atom is 0.262 e. The van der Waals surface area contributed by atoms with Gasteiger partial charge in [0.15, 0.2) is 0 Å². The number of phenols is 1. The highest BCUT2D eigenvalue weighted by Gasteiger charge is 2.52. The Kier molecular flexibility index (Phi) is 9.08. The summed E-state index contributed by atoms with van der Waals surface area (Å²) >= 11 is 0. The minimum Gasteiger partial charge on any atom is -0.508 e. The van der Waals surface area contributed by atoms with Crippen molar-refractivity contribution in [3.63, 3.8) is 0 Å². The molecule has 3 aromatic rings. The van der Waals surface area contributed by atoms with E-state index in [9.17, 15) is 33.7 Å². The first-order valence-corrected chi connectivity index (χ1v) is 12.9. The van der Waals surface area contributed by atoms with Gasteiger partial charge < -0.3 is 26.0 Å². The molecular weight excluding hydrogens is 522 g/mol. The first kappa shape index (κ1) is 29.1. The number of hydrogen-bond acceptors (Lipinski definition) is 7. The molecule has 1 unspecified atom stereocenters. The molecule has 2 heterocycles. The number of amides is 2. The summed E-state index contributed by atoms with van der Waals surface area (Å²) in [6.07, 6.45) is -1.33. The Morgan fingerprint density at radius 1 is 1.07 bits per heavy atom. The predicted octanol–water partition coefficient (Wildman–Crippen LogP) is 2.14. The number of pyridine rings is 1. The van der Waals surface area contributed by atoms with Gasteiger partial charge in [0.2, 0.25) is 5.91 Å². The summed E-state index contributed by atoms with van der Waals surface area (Å²) in [4.78, 5) is 30.9. The van der Waals surface area contributed by atoms with Gasteiger partial charge in [-0.2, -0.15) is 0 Å². The molecule has 0 aliphatic carbocycles. The van der Waals surface area contributed by atoms with E-state index in [1.54, 1.807) is 55.6 Å². The number of benzene rings is 2. The van der Waals surface area contributed by atoms with Gasteiger partial charge in [-0.3, -0.25) is 19.5 Å². The van der Waals surface area contributed by atoms with Crippen LogP contribution in [-0.2, 0) is 17.8 Å². The Bertz CT molecular complexity index is 1310. The molecule has 1 fully saturated rings. The number of hydrogen-bond donors (Lipinski definition) is 5. The summed E-state index contributed by atoms with van der Waals surface area (Å²) in [6.45, 7) is 0.661. The number of aliphatic hydroxyl groups excluding tert-OH is 2. The van der Waals surface area contributed by atoms with Crippen LogP contribution in [0.2, 0.25) is 0 Å². The second-order valence-corrected chi connectivity index (χ2v) is 9.95. The summed E-state index contributed by atoms with van der Waals surface area (Å²) < 4.78 is 29.1. The van der Waals surface area contributed by atoms with Crippen LogP contribution in [0.25, 0.3) is 0 Å². The number of nitrogens with zero attached hydrogens (tertiary/aromatic N) is 2. The van der Waals surface area contributed by atoms with E-state index in [-0.39, 0.29) is 24.3 Å². The first-order valence-electron chi connectivity index (χ1n) is 12.9. The maximum absolute atomic E-state index is 14.5. The molecule has 2 amide bonds. The summed E-state index contributed by atoms with van der Waals surface area (Å²) in [7, 11) is 0. The lowest BCUT2D eigenvalue weighted by molar-refractivity contribution is -0.137. The Morgan fingerprint density at radius 3 is 2.50 bits per heavy atom. The van der Waals surface area contributed by atoms with E-state index in [0.29, 0.717) is 16.7 Å². The quantitative estimate of drug-likeness (QED) is 0.259. The molecule has 0 bridgehead atoms. The lowest BCUT2D eigenvalue weighted by Crippen LogP contribution is -2.58. The number of aromatic nitrogens is 1. The number of rotatable bonds is 10. The van der Waals surface area contributed by atoms with Gasteiger partial charge in [-0.1, -0.05) is 42.5 Å². The highest BCUT2D eigenvalue weighted by atomic mass is 19.3. The first-order chi connectivity index (χ1) is 19.1. The zero-order valence-corrected chi connectivity index (χ0v) is 21.9. The number of aromatic hydroxyl groups is 1. The molecule has 1 aliphatic rings. The number of nitrogens with one attached hydrogen (secondary N) is 2. The summed E-state index contributed by atoms with van der Waals surface area (Å²) in [5, 5.41) is 37.7. The monoisotopic (exact) mass is 554 g/mol. The number of halogens is 2. The molecule has 1 aliphatic heterocycles. The average Bonchev–Trinajstić information content (AvgIpc) is 3.28. The van der Waals surface area contributed by atoms with E-state index < -0.39 is 55.1 Å². The fourth-order valence-corrected chi connectivity index (χ4v) is 4.82. The summed E-state index contributed by atoms with van der Waals surface area (Å²) in [6, 6.07) is 14.1. The van der Waals surface area contributed by atoms with E-state index >= 15 is 0 Å². The highest BCUT2D eigenvalue weighted by Crippen LogP contribution is 2.34. The van der Waals surface area contributed by atoms with Crippen LogP contribution in [0.1, 0.15) is 33.5 Å². The van der Waals surface area contributed by atoms with Gasteiger partial charge in [0.05, 0.1) is 18.6 Å². The van der Waals surface area contributed by atoms with Crippen molar-refractivity contribution in [1.29, 1.82) is 0 Å². The lowest BCUT2D eigenvalue weighted by atomic mass is 9.98. The van der Waals surface area contributed by atoms with E-state index in [1.165, 1.54) is 24.4 Å².